The molecule has 0 saturated heterocycles. The quantitative estimate of drug-likeness (QED) is 0.585. The predicted octanol–water partition coefficient (Wildman–Crippen LogP) is 4.35. The van der Waals surface area contributed by atoms with Crippen molar-refractivity contribution < 1.29 is 9.84 Å². The zero-order chi connectivity index (χ0) is 18.1. The van der Waals surface area contributed by atoms with Crippen LogP contribution >= 0.6 is 11.3 Å². The van der Waals surface area contributed by atoms with Gasteiger partial charge >= 0.3 is 0 Å². The molecule has 3 N–H and O–H groups in total. The lowest BCUT2D eigenvalue weighted by atomic mass is 9.98. The van der Waals surface area contributed by atoms with E-state index in [4.69, 9.17) is 10.5 Å². The number of thiophene rings is 1. The van der Waals surface area contributed by atoms with E-state index < -0.39 is 5.54 Å². The van der Waals surface area contributed by atoms with E-state index in [1.807, 2.05) is 30.4 Å². The van der Waals surface area contributed by atoms with E-state index in [1.165, 1.54) is 34.6 Å². The smallest absolute Gasteiger partial charge is 0.118 e. The van der Waals surface area contributed by atoms with Crippen LogP contribution in [0.1, 0.15) is 47.9 Å². The average Bonchev–Trinajstić information content (AvgIpc) is 3.08. The highest BCUT2D eigenvalue weighted by molar-refractivity contribution is 7.11. The minimum Gasteiger partial charge on any atom is -0.497 e. The number of methoxy groups -OCH3 is 1. The molecule has 25 heavy (non-hydrogen) atoms. The first kappa shape index (κ1) is 20.0. The molecule has 138 valence electrons. The molecule has 0 aliphatic carbocycles. The Balaban J connectivity index is 1.63. The Morgan fingerprint density at radius 2 is 1.60 bits per heavy atom. The molecule has 3 nitrogen and oxygen atoms in total. The summed E-state index contributed by atoms with van der Waals surface area (Å²) in [6, 6.07) is 12.8. The van der Waals surface area contributed by atoms with E-state index in [2.05, 4.69) is 24.3 Å². The van der Waals surface area contributed by atoms with Gasteiger partial charge in [-0.25, -0.2) is 0 Å². The maximum Gasteiger partial charge on any atom is 0.118 e. The second kappa shape index (κ2) is 9.95. The second-order valence-corrected chi connectivity index (χ2v) is 8.34. The average molecular weight is 362 g/mol. The highest BCUT2D eigenvalue weighted by atomic mass is 32.1. The first-order valence-corrected chi connectivity index (χ1v) is 9.94. The standard InChI is InChI=1S/C21H31NO2S/c1-21(22,16-23)15-14-20-13-12-19(25-20)7-5-3-4-6-17-8-10-18(24-2)11-9-17/h8-13,23H,3-7,14-16,22H2,1-2H3. The van der Waals surface area contributed by atoms with Gasteiger partial charge in [0.2, 0.25) is 0 Å². The van der Waals surface area contributed by atoms with Gasteiger partial charge in [0.1, 0.15) is 5.75 Å². The maximum absolute atomic E-state index is 9.22. The summed E-state index contributed by atoms with van der Waals surface area (Å²) in [5.41, 5.74) is 6.91. The van der Waals surface area contributed by atoms with Crippen LogP contribution in [0.4, 0.5) is 0 Å². The second-order valence-electron chi connectivity index (χ2n) is 7.09. The van der Waals surface area contributed by atoms with Gasteiger partial charge < -0.3 is 15.6 Å². The van der Waals surface area contributed by atoms with Crippen LogP contribution in [0.5, 0.6) is 5.75 Å². The number of benzene rings is 1. The molecule has 4 heteroatoms. The van der Waals surface area contributed by atoms with Crippen molar-refractivity contribution >= 4 is 11.3 Å². The van der Waals surface area contributed by atoms with Crippen molar-refractivity contribution in [1.29, 1.82) is 0 Å². The number of nitrogens with two attached hydrogens (primary N) is 1. The summed E-state index contributed by atoms with van der Waals surface area (Å²) >= 11 is 1.89. The lowest BCUT2D eigenvalue weighted by molar-refractivity contribution is 0.201. The van der Waals surface area contributed by atoms with E-state index in [0.29, 0.717) is 0 Å². The van der Waals surface area contributed by atoms with Crippen LogP contribution in [0.25, 0.3) is 0 Å². The highest BCUT2D eigenvalue weighted by Gasteiger charge is 2.16. The Kier molecular flexibility index (Phi) is 7.94. The molecule has 2 rings (SSSR count). The first-order valence-electron chi connectivity index (χ1n) is 9.13. The van der Waals surface area contributed by atoms with Crippen LogP contribution in [0.2, 0.25) is 0 Å². The van der Waals surface area contributed by atoms with Crippen molar-refractivity contribution in [1.82, 2.24) is 0 Å². The zero-order valence-corrected chi connectivity index (χ0v) is 16.3. The molecule has 0 saturated carbocycles. The SMILES string of the molecule is COc1ccc(CCCCCc2ccc(CCC(C)(N)CO)s2)cc1. The first-order chi connectivity index (χ1) is 12.0. The van der Waals surface area contributed by atoms with E-state index in [9.17, 15) is 5.11 Å². The fourth-order valence-corrected chi connectivity index (χ4v) is 3.84. The van der Waals surface area contributed by atoms with Crippen LogP contribution in [0, 0.1) is 0 Å². The molecule has 0 spiro atoms. The fraction of sp³-hybridized carbons (Fsp3) is 0.524. The fourth-order valence-electron chi connectivity index (χ4n) is 2.78. The Hall–Kier alpha value is -1.36. The third-order valence-corrected chi connectivity index (χ3v) is 5.77. The molecule has 0 amide bonds. The molecule has 1 aromatic heterocycles. The lowest BCUT2D eigenvalue weighted by Gasteiger charge is -2.20. The summed E-state index contributed by atoms with van der Waals surface area (Å²) in [6.45, 7) is 1.95. The summed E-state index contributed by atoms with van der Waals surface area (Å²) in [7, 11) is 1.70. The van der Waals surface area contributed by atoms with Crippen LogP contribution in [0.15, 0.2) is 36.4 Å². The molecule has 0 aliphatic heterocycles. The molecule has 2 aromatic rings. The Morgan fingerprint density at radius 3 is 2.24 bits per heavy atom. The number of rotatable bonds is 11. The molecule has 0 bridgehead atoms. The van der Waals surface area contributed by atoms with Crippen molar-refractivity contribution in [3.63, 3.8) is 0 Å². The topological polar surface area (TPSA) is 55.5 Å². The minimum absolute atomic E-state index is 0.0411. The number of hydrogen-bond donors (Lipinski definition) is 2. The maximum atomic E-state index is 9.22. The number of hydrogen-bond acceptors (Lipinski definition) is 4. The van der Waals surface area contributed by atoms with E-state index >= 15 is 0 Å². The monoisotopic (exact) mass is 361 g/mol. The van der Waals surface area contributed by atoms with Crippen molar-refractivity contribution in [2.45, 2.75) is 57.4 Å². The minimum atomic E-state index is -0.467. The van der Waals surface area contributed by atoms with E-state index in [1.54, 1.807) is 7.11 Å². The van der Waals surface area contributed by atoms with Gasteiger partial charge in [-0.15, -0.1) is 11.3 Å². The summed E-state index contributed by atoms with van der Waals surface area (Å²) in [4.78, 5) is 2.83. The van der Waals surface area contributed by atoms with Crippen molar-refractivity contribution in [2.24, 2.45) is 5.73 Å². The van der Waals surface area contributed by atoms with Gasteiger partial charge in [0.25, 0.3) is 0 Å². The largest absolute Gasteiger partial charge is 0.497 e. The molecule has 1 aromatic carbocycles. The summed E-state index contributed by atoms with van der Waals surface area (Å²) in [5.74, 6) is 0.922. The van der Waals surface area contributed by atoms with Crippen molar-refractivity contribution in [2.75, 3.05) is 13.7 Å². The van der Waals surface area contributed by atoms with Gasteiger partial charge in [-0.3, -0.25) is 0 Å². The molecule has 0 radical (unpaired) electrons. The summed E-state index contributed by atoms with van der Waals surface area (Å²) < 4.78 is 5.19. The van der Waals surface area contributed by atoms with Crippen LogP contribution in [-0.2, 0) is 19.3 Å². The van der Waals surface area contributed by atoms with Gasteiger partial charge in [-0.1, -0.05) is 18.6 Å². The molecule has 1 heterocycles. The number of unbranched alkanes of at least 4 members (excludes halogenated alkanes) is 2. The lowest BCUT2D eigenvalue weighted by Crippen LogP contribution is -2.40. The van der Waals surface area contributed by atoms with E-state index in [-0.39, 0.29) is 6.61 Å². The van der Waals surface area contributed by atoms with Gasteiger partial charge in [0, 0.05) is 15.3 Å². The molecular weight excluding hydrogens is 330 g/mol. The van der Waals surface area contributed by atoms with Gasteiger partial charge in [0.05, 0.1) is 13.7 Å². The van der Waals surface area contributed by atoms with Crippen LogP contribution in [-0.4, -0.2) is 24.4 Å². The number of aliphatic hydroxyl groups excluding tert-OH is 1. The number of aryl methyl sites for hydroxylation is 3. The summed E-state index contributed by atoms with van der Waals surface area (Å²) in [5, 5.41) is 9.22. The van der Waals surface area contributed by atoms with Gasteiger partial charge in [0.15, 0.2) is 0 Å². The number of ether oxygens (including phenoxy) is 1. The molecule has 1 unspecified atom stereocenters. The Morgan fingerprint density at radius 1 is 0.960 bits per heavy atom. The molecular formula is C21H31NO2S. The molecule has 0 fully saturated rings. The van der Waals surface area contributed by atoms with Gasteiger partial charge in [-0.2, -0.15) is 0 Å². The third-order valence-electron chi connectivity index (χ3n) is 4.57. The van der Waals surface area contributed by atoms with Gasteiger partial charge in [-0.05, 0) is 75.3 Å². The van der Waals surface area contributed by atoms with Crippen LogP contribution < -0.4 is 10.5 Å². The predicted molar refractivity (Wildman–Crippen MR) is 107 cm³/mol. The van der Waals surface area contributed by atoms with Crippen molar-refractivity contribution in [3.8, 4) is 5.75 Å². The summed E-state index contributed by atoms with van der Waals surface area (Å²) in [6.07, 6.45) is 7.79. The molecule has 0 aliphatic rings. The Labute approximate surface area is 155 Å². The van der Waals surface area contributed by atoms with Crippen molar-refractivity contribution in [3.05, 3.63) is 51.7 Å². The molecule has 1 atom stereocenters. The normalized spacial score (nSPS) is 13.6. The van der Waals surface area contributed by atoms with E-state index in [0.717, 1.165) is 31.4 Å². The van der Waals surface area contributed by atoms with Crippen LogP contribution in [0.3, 0.4) is 0 Å². The zero-order valence-electron chi connectivity index (χ0n) is 15.5. The third kappa shape index (κ3) is 7.18. The Bertz CT molecular complexity index is 619. The number of aliphatic hydroxyl groups is 1. The highest BCUT2D eigenvalue weighted by Crippen LogP contribution is 2.22.